The number of nitrogens with zero attached hydrogens (tertiary/aromatic N) is 2. The van der Waals surface area contributed by atoms with Gasteiger partial charge in [-0.15, -0.1) is 0 Å². The summed E-state index contributed by atoms with van der Waals surface area (Å²) in [7, 11) is 0. The Morgan fingerprint density at radius 2 is 1.81 bits per heavy atom. The molecule has 8 nitrogen and oxygen atoms in total. The normalized spacial score (nSPS) is 10.4. The lowest BCUT2D eigenvalue weighted by Gasteiger charge is -2.10. The second kappa shape index (κ2) is 8.02. The second-order valence-electron chi connectivity index (χ2n) is 5.56. The first kappa shape index (κ1) is 18.6. The number of aromatic amines is 1. The summed E-state index contributed by atoms with van der Waals surface area (Å²) in [6, 6.07) is 13.0. The minimum atomic E-state index is -0.684. The third-order valence-corrected chi connectivity index (χ3v) is 4.14. The predicted molar refractivity (Wildman–Crippen MR) is 106 cm³/mol. The van der Waals surface area contributed by atoms with Crippen LogP contribution in [0.1, 0.15) is 0 Å². The fraction of sp³-hybridized carbons (Fsp3) is 0.0588. The van der Waals surface area contributed by atoms with Crippen molar-refractivity contribution < 1.29 is 9.59 Å². The molecule has 0 unspecified atom stereocenters. The molecule has 0 atom stereocenters. The van der Waals surface area contributed by atoms with Gasteiger partial charge in [-0.05, 0) is 54.7 Å². The van der Waals surface area contributed by atoms with E-state index < -0.39 is 6.03 Å². The smallest absolute Gasteiger partial charge is 0.316 e. The number of hydrogen-bond acceptors (Lipinski definition) is 4. The van der Waals surface area contributed by atoms with Gasteiger partial charge in [-0.1, -0.05) is 17.7 Å². The van der Waals surface area contributed by atoms with E-state index in [4.69, 9.17) is 29.6 Å². The Hall–Kier alpha value is -3.17. The Kier molecular flexibility index (Phi) is 5.53. The molecule has 1 heterocycles. The first-order valence-corrected chi connectivity index (χ1v) is 8.58. The summed E-state index contributed by atoms with van der Waals surface area (Å²) < 4.78 is 1.90. The second-order valence-corrected chi connectivity index (χ2v) is 6.39. The average molecular weight is 403 g/mol. The van der Waals surface area contributed by atoms with Crippen LogP contribution in [-0.4, -0.2) is 26.7 Å². The minimum absolute atomic E-state index is 0.0409. The van der Waals surface area contributed by atoms with Crippen molar-refractivity contribution in [3.8, 4) is 11.4 Å². The molecule has 2 aromatic carbocycles. The highest BCUT2D eigenvalue weighted by atomic mass is 35.5. The van der Waals surface area contributed by atoms with Gasteiger partial charge in [-0.25, -0.2) is 4.79 Å². The van der Waals surface area contributed by atoms with E-state index in [-0.39, 0.29) is 12.5 Å². The van der Waals surface area contributed by atoms with Gasteiger partial charge in [-0.2, -0.15) is 5.10 Å². The van der Waals surface area contributed by atoms with Gasteiger partial charge >= 0.3 is 6.03 Å². The number of carbonyl (C=O) groups is 2. The number of hydrogen-bond donors (Lipinski definition) is 4. The first-order chi connectivity index (χ1) is 12.9. The number of rotatable bonds is 5. The number of nitrogens with two attached hydrogens (primary N) is 1. The van der Waals surface area contributed by atoms with Gasteiger partial charge < -0.3 is 16.4 Å². The Bertz CT molecular complexity index is 1040. The average Bonchev–Trinajstić information content (AvgIpc) is 2.96. The van der Waals surface area contributed by atoms with Gasteiger partial charge in [0.05, 0.1) is 0 Å². The maximum Gasteiger partial charge on any atom is 0.316 e. The van der Waals surface area contributed by atoms with Crippen molar-refractivity contribution in [3.63, 3.8) is 0 Å². The molecule has 27 heavy (non-hydrogen) atoms. The predicted octanol–water partition coefficient (Wildman–Crippen LogP) is 3.39. The number of anilines is 2. The van der Waals surface area contributed by atoms with E-state index in [2.05, 4.69) is 20.8 Å². The van der Waals surface area contributed by atoms with Gasteiger partial charge in [0.1, 0.15) is 6.54 Å². The molecule has 0 radical (unpaired) electrons. The van der Waals surface area contributed by atoms with Crippen LogP contribution in [0.2, 0.25) is 5.02 Å². The van der Waals surface area contributed by atoms with Crippen LogP contribution in [0.5, 0.6) is 0 Å². The van der Waals surface area contributed by atoms with Gasteiger partial charge in [0.15, 0.2) is 10.6 Å². The number of benzene rings is 2. The summed E-state index contributed by atoms with van der Waals surface area (Å²) >= 11 is 11.1. The van der Waals surface area contributed by atoms with Gasteiger partial charge in [0.2, 0.25) is 5.91 Å². The zero-order valence-corrected chi connectivity index (χ0v) is 15.5. The van der Waals surface area contributed by atoms with Crippen molar-refractivity contribution in [2.45, 2.75) is 6.54 Å². The third kappa shape index (κ3) is 4.72. The molecule has 5 N–H and O–H groups in total. The van der Waals surface area contributed by atoms with E-state index in [9.17, 15) is 9.59 Å². The van der Waals surface area contributed by atoms with Crippen LogP contribution in [0.25, 0.3) is 11.4 Å². The fourth-order valence-electron chi connectivity index (χ4n) is 2.44. The molecule has 0 spiro atoms. The SMILES string of the molecule is NC(=O)Nc1cccc(NC(=O)Cn2c(-c3ccc(Cl)cc3)n[nH]c2=S)c1. The van der Waals surface area contributed by atoms with Crippen molar-refractivity contribution in [2.75, 3.05) is 10.6 Å². The standard InChI is InChI=1S/C17H15ClN6O2S/c18-11-6-4-10(5-7-11)15-22-23-17(27)24(15)9-14(25)20-12-2-1-3-13(8-12)21-16(19)26/h1-8H,9H2,(H,20,25)(H,23,27)(H3,19,21,26). The lowest BCUT2D eigenvalue weighted by Crippen LogP contribution is -2.21. The molecule has 0 aliphatic rings. The zero-order chi connectivity index (χ0) is 19.4. The number of carbonyl (C=O) groups excluding carboxylic acids is 2. The van der Waals surface area contributed by atoms with E-state index in [1.165, 1.54) is 0 Å². The van der Waals surface area contributed by atoms with Crippen molar-refractivity contribution in [1.82, 2.24) is 14.8 Å². The molecular weight excluding hydrogens is 388 g/mol. The van der Waals surface area contributed by atoms with Crippen molar-refractivity contribution >= 4 is 47.1 Å². The maximum atomic E-state index is 12.5. The molecular formula is C17H15ClN6O2S. The Balaban J connectivity index is 1.77. The number of aromatic nitrogens is 3. The topological polar surface area (TPSA) is 118 Å². The molecule has 3 amide bonds. The van der Waals surface area contributed by atoms with E-state index in [0.717, 1.165) is 5.56 Å². The Morgan fingerprint density at radius 1 is 1.15 bits per heavy atom. The Labute approximate surface area is 164 Å². The van der Waals surface area contributed by atoms with Crippen molar-refractivity contribution in [2.24, 2.45) is 5.73 Å². The van der Waals surface area contributed by atoms with Gasteiger partial charge in [0, 0.05) is 22.0 Å². The number of urea groups is 1. The van der Waals surface area contributed by atoms with Crippen LogP contribution in [0, 0.1) is 4.77 Å². The highest BCUT2D eigenvalue weighted by molar-refractivity contribution is 7.71. The summed E-state index contributed by atoms with van der Waals surface area (Å²) in [4.78, 5) is 23.4. The highest BCUT2D eigenvalue weighted by Crippen LogP contribution is 2.20. The molecule has 138 valence electrons. The summed E-state index contributed by atoms with van der Waals surface area (Å²) in [5.41, 5.74) is 6.85. The van der Waals surface area contributed by atoms with E-state index in [1.807, 2.05) is 0 Å². The fourth-order valence-corrected chi connectivity index (χ4v) is 2.77. The number of nitrogens with one attached hydrogen (secondary N) is 3. The minimum Gasteiger partial charge on any atom is -0.351 e. The van der Waals surface area contributed by atoms with E-state index in [0.29, 0.717) is 27.0 Å². The molecule has 0 aliphatic heterocycles. The molecule has 10 heteroatoms. The number of H-pyrrole nitrogens is 1. The molecule has 3 aromatic rings. The zero-order valence-electron chi connectivity index (χ0n) is 13.9. The van der Waals surface area contributed by atoms with Crippen LogP contribution >= 0.6 is 23.8 Å². The van der Waals surface area contributed by atoms with Crippen LogP contribution in [0.4, 0.5) is 16.2 Å². The summed E-state index contributed by atoms with van der Waals surface area (Å²) in [6.45, 7) is -0.0409. The van der Waals surface area contributed by atoms with E-state index >= 15 is 0 Å². The molecule has 0 bridgehead atoms. The molecule has 0 fully saturated rings. The summed E-state index contributed by atoms with van der Waals surface area (Å²) in [5.74, 6) is 0.218. The molecule has 3 rings (SSSR count). The third-order valence-electron chi connectivity index (χ3n) is 3.58. The van der Waals surface area contributed by atoms with Crippen molar-refractivity contribution in [3.05, 3.63) is 58.3 Å². The monoisotopic (exact) mass is 402 g/mol. The quantitative estimate of drug-likeness (QED) is 0.489. The molecule has 1 aromatic heterocycles. The molecule has 0 saturated heterocycles. The van der Waals surface area contributed by atoms with E-state index in [1.54, 1.807) is 53.1 Å². The van der Waals surface area contributed by atoms with Crippen molar-refractivity contribution in [1.29, 1.82) is 0 Å². The van der Waals surface area contributed by atoms with Gasteiger partial charge in [0.25, 0.3) is 0 Å². The molecule has 0 saturated carbocycles. The van der Waals surface area contributed by atoms with Gasteiger partial charge in [-0.3, -0.25) is 14.5 Å². The first-order valence-electron chi connectivity index (χ1n) is 7.80. The Morgan fingerprint density at radius 3 is 2.48 bits per heavy atom. The maximum absolute atomic E-state index is 12.5. The highest BCUT2D eigenvalue weighted by Gasteiger charge is 2.13. The number of amides is 3. The number of primary amides is 1. The van der Waals surface area contributed by atoms with Crippen LogP contribution < -0.4 is 16.4 Å². The summed E-state index contributed by atoms with van der Waals surface area (Å²) in [6.07, 6.45) is 0. The number of halogens is 1. The molecule has 0 aliphatic carbocycles. The largest absolute Gasteiger partial charge is 0.351 e. The lowest BCUT2D eigenvalue weighted by atomic mass is 10.2. The lowest BCUT2D eigenvalue weighted by molar-refractivity contribution is -0.116. The van der Waals surface area contributed by atoms with Crippen LogP contribution in [0.15, 0.2) is 48.5 Å². The summed E-state index contributed by atoms with van der Waals surface area (Å²) in [5, 5.41) is 12.7. The van der Waals surface area contributed by atoms with Crippen LogP contribution in [0.3, 0.4) is 0 Å². The van der Waals surface area contributed by atoms with Crippen LogP contribution in [-0.2, 0) is 11.3 Å².